The van der Waals surface area contributed by atoms with Crippen LogP contribution in [-0.4, -0.2) is 12.6 Å². The summed E-state index contributed by atoms with van der Waals surface area (Å²) in [6, 6.07) is 4.47. The number of benzene rings is 1. The van der Waals surface area contributed by atoms with Crippen LogP contribution < -0.4 is 0 Å². The van der Waals surface area contributed by atoms with Gasteiger partial charge in [0.25, 0.3) is 0 Å². The van der Waals surface area contributed by atoms with Crippen LogP contribution in [0.2, 0.25) is 0 Å². The van der Waals surface area contributed by atoms with E-state index in [1.165, 1.54) is 12.1 Å². The van der Waals surface area contributed by atoms with Gasteiger partial charge in [-0.05, 0) is 30.5 Å². The number of esters is 1. The first-order valence-electron chi connectivity index (χ1n) is 4.94. The fourth-order valence-electron chi connectivity index (χ4n) is 1.11. The second kappa shape index (κ2) is 4.91. The Hall–Kier alpha value is -1.38. The second-order valence-corrected chi connectivity index (χ2v) is 3.98. The highest BCUT2D eigenvalue weighted by molar-refractivity contribution is 5.89. The van der Waals surface area contributed by atoms with Crippen molar-refractivity contribution >= 4 is 5.97 Å². The summed E-state index contributed by atoms with van der Waals surface area (Å²) in [6.45, 7) is 5.94. The van der Waals surface area contributed by atoms with Gasteiger partial charge in [0.2, 0.25) is 0 Å². The van der Waals surface area contributed by atoms with E-state index in [1.807, 2.05) is 13.8 Å². The molecule has 0 saturated carbocycles. The fraction of sp³-hybridized carbons (Fsp3) is 0.417. The summed E-state index contributed by atoms with van der Waals surface area (Å²) >= 11 is 0. The molecule has 0 bridgehead atoms. The number of carbonyl (C=O) groups excluding carboxylic acids is 1. The van der Waals surface area contributed by atoms with Crippen molar-refractivity contribution in [3.8, 4) is 0 Å². The molecule has 0 radical (unpaired) electrons. The van der Waals surface area contributed by atoms with Crippen molar-refractivity contribution in [2.24, 2.45) is 5.92 Å². The molecule has 0 spiro atoms. The smallest absolute Gasteiger partial charge is 0.341 e. The first kappa shape index (κ1) is 11.7. The monoisotopic (exact) mass is 210 g/mol. The van der Waals surface area contributed by atoms with Crippen LogP contribution in [0.5, 0.6) is 0 Å². The zero-order valence-electron chi connectivity index (χ0n) is 9.21. The van der Waals surface area contributed by atoms with Gasteiger partial charge < -0.3 is 4.74 Å². The third-order valence-electron chi connectivity index (χ3n) is 1.89. The van der Waals surface area contributed by atoms with Crippen molar-refractivity contribution in [3.63, 3.8) is 0 Å². The van der Waals surface area contributed by atoms with E-state index in [0.717, 1.165) is 5.56 Å². The zero-order valence-corrected chi connectivity index (χ0v) is 9.21. The Morgan fingerprint density at radius 1 is 1.47 bits per heavy atom. The number of rotatable bonds is 3. The highest BCUT2D eigenvalue weighted by Gasteiger charge is 2.13. The lowest BCUT2D eigenvalue weighted by molar-refractivity contribution is 0.0453. The molecule has 0 aromatic heterocycles. The Morgan fingerprint density at radius 3 is 2.67 bits per heavy atom. The van der Waals surface area contributed by atoms with Crippen molar-refractivity contribution in [3.05, 3.63) is 35.1 Å². The summed E-state index contributed by atoms with van der Waals surface area (Å²) in [4.78, 5) is 11.4. The van der Waals surface area contributed by atoms with Gasteiger partial charge in [-0.2, -0.15) is 0 Å². The zero-order chi connectivity index (χ0) is 11.4. The molecule has 0 heterocycles. The minimum Gasteiger partial charge on any atom is -0.462 e. The summed E-state index contributed by atoms with van der Waals surface area (Å²) in [6.07, 6.45) is 0. The summed E-state index contributed by atoms with van der Waals surface area (Å²) in [5.74, 6) is -0.868. The number of hydrogen-bond acceptors (Lipinski definition) is 2. The summed E-state index contributed by atoms with van der Waals surface area (Å²) in [5.41, 5.74) is 0.786. The minimum atomic E-state index is -0.596. The van der Waals surface area contributed by atoms with E-state index in [2.05, 4.69) is 0 Å². The van der Waals surface area contributed by atoms with E-state index < -0.39 is 11.8 Å². The quantitative estimate of drug-likeness (QED) is 0.717. The summed E-state index contributed by atoms with van der Waals surface area (Å²) in [7, 11) is 0. The lowest BCUT2D eigenvalue weighted by Gasteiger charge is -2.07. The molecule has 0 N–H and O–H groups in total. The van der Waals surface area contributed by atoms with Crippen LogP contribution in [0, 0.1) is 18.7 Å². The van der Waals surface area contributed by atoms with Crippen molar-refractivity contribution in [1.82, 2.24) is 0 Å². The van der Waals surface area contributed by atoms with Crippen LogP contribution in [0.1, 0.15) is 29.8 Å². The largest absolute Gasteiger partial charge is 0.462 e. The summed E-state index contributed by atoms with van der Waals surface area (Å²) in [5, 5.41) is 0. The van der Waals surface area contributed by atoms with E-state index in [-0.39, 0.29) is 11.5 Å². The second-order valence-electron chi connectivity index (χ2n) is 3.98. The maximum absolute atomic E-state index is 13.3. The van der Waals surface area contributed by atoms with Gasteiger partial charge >= 0.3 is 5.97 Å². The molecule has 1 aromatic rings. The number of hydrogen-bond donors (Lipinski definition) is 0. The molecule has 0 aliphatic heterocycles. The average molecular weight is 210 g/mol. The van der Waals surface area contributed by atoms with E-state index in [1.54, 1.807) is 13.0 Å². The number of aryl methyl sites for hydroxylation is 1. The standard InChI is InChI=1S/C12H15FO2/c1-8(2)7-15-12(14)10-5-4-9(3)6-11(10)13/h4-6,8H,7H2,1-3H3. The molecule has 1 rings (SSSR count). The van der Waals surface area contributed by atoms with E-state index in [9.17, 15) is 9.18 Å². The highest BCUT2D eigenvalue weighted by Crippen LogP contribution is 2.11. The molecule has 0 aliphatic rings. The first-order valence-corrected chi connectivity index (χ1v) is 4.94. The number of ether oxygens (including phenoxy) is 1. The SMILES string of the molecule is Cc1ccc(C(=O)OCC(C)C)c(F)c1. The van der Waals surface area contributed by atoms with Crippen molar-refractivity contribution in [2.75, 3.05) is 6.61 Å². The Labute approximate surface area is 89.1 Å². The third kappa shape index (κ3) is 3.35. The van der Waals surface area contributed by atoms with Crippen LogP contribution in [0.25, 0.3) is 0 Å². The molecule has 82 valence electrons. The maximum Gasteiger partial charge on any atom is 0.341 e. The van der Waals surface area contributed by atoms with Crippen LogP contribution in [0.4, 0.5) is 4.39 Å². The lowest BCUT2D eigenvalue weighted by Crippen LogP contribution is -2.11. The maximum atomic E-state index is 13.3. The van der Waals surface area contributed by atoms with Crippen molar-refractivity contribution in [1.29, 1.82) is 0 Å². The fourth-order valence-corrected chi connectivity index (χ4v) is 1.11. The number of carbonyl (C=O) groups is 1. The topological polar surface area (TPSA) is 26.3 Å². The van der Waals surface area contributed by atoms with Gasteiger partial charge in [0.15, 0.2) is 0 Å². The van der Waals surface area contributed by atoms with Gasteiger partial charge in [-0.25, -0.2) is 9.18 Å². The molecule has 0 fully saturated rings. The molecular formula is C12H15FO2. The Bertz CT molecular complexity index is 359. The summed E-state index contributed by atoms with van der Waals surface area (Å²) < 4.78 is 18.3. The third-order valence-corrected chi connectivity index (χ3v) is 1.89. The molecule has 0 saturated heterocycles. The van der Waals surface area contributed by atoms with Gasteiger partial charge in [-0.1, -0.05) is 19.9 Å². The van der Waals surface area contributed by atoms with Gasteiger partial charge in [-0.3, -0.25) is 0 Å². The first-order chi connectivity index (χ1) is 7.00. The van der Waals surface area contributed by atoms with Gasteiger partial charge in [0.05, 0.1) is 12.2 Å². The predicted octanol–water partition coefficient (Wildman–Crippen LogP) is 2.95. The Balaban J connectivity index is 2.74. The van der Waals surface area contributed by atoms with Crippen molar-refractivity contribution < 1.29 is 13.9 Å². The average Bonchev–Trinajstić information content (AvgIpc) is 2.14. The van der Waals surface area contributed by atoms with E-state index in [0.29, 0.717) is 6.61 Å². The Morgan fingerprint density at radius 2 is 2.13 bits per heavy atom. The van der Waals surface area contributed by atoms with Crippen LogP contribution >= 0.6 is 0 Å². The predicted molar refractivity (Wildman–Crippen MR) is 56.3 cm³/mol. The highest BCUT2D eigenvalue weighted by atomic mass is 19.1. The molecule has 15 heavy (non-hydrogen) atoms. The van der Waals surface area contributed by atoms with Crippen molar-refractivity contribution in [2.45, 2.75) is 20.8 Å². The molecule has 0 atom stereocenters. The van der Waals surface area contributed by atoms with Gasteiger partial charge in [0, 0.05) is 0 Å². The molecular weight excluding hydrogens is 195 g/mol. The molecule has 0 amide bonds. The van der Waals surface area contributed by atoms with Gasteiger partial charge in [0.1, 0.15) is 5.82 Å². The molecule has 0 aliphatic carbocycles. The molecule has 0 unspecified atom stereocenters. The van der Waals surface area contributed by atoms with Crippen LogP contribution in [0.15, 0.2) is 18.2 Å². The lowest BCUT2D eigenvalue weighted by atomic mass is 10.1. The molecule has 3 heteroatoms. The number of halogens is 1. The van der Waals surface area contributed by atoms with Gasteiger partial charge in [-0.15, -0.1) is 0 Å². The molecule has 2 nitrogen and oxygen atoms in total. The van der Waals surface area contributed by atoms with Crippen LogP contribution in [0.3, 0.4) is 0 Å². The van der Waals surface area contributed by atoms with Crippen LogP contribution in [-0.2, 0) is 4.74 Å². The Kier molecular flexibility index (Phi) is 3.83. The van der Waals surface area contributed by atoms with E-state index >= 15 is 0 Å². The minimum absolute atomic E-state index is 0.00116. The van der Waals surface area contributed by atoms with E-state index in [4.69, 9.17) is 4.74 Å². The normalized spacial score (nSPS) is 10.5. The molecule has 1 aromatic carbocycles.